The fourth-order valence-electron chi connectivity index (χ4n) is 2.50. The second kappa shape index (κ2) is 5.97. The van der Waals surface area contributed by atoms with Gasteiger partial charge in [-0.05, 0) is 38.5 Å². The molecule has 0 saturated carbocycles. The minimum absolute atomic E-state index is 0.127. The number of hydrogen-bond donors (Lipinski definition) is 2. The second-order valence-corrected chi connectivity index (χ2v) is 6.28. The Kier molecular flexibility index (Phi) is 3.98. The van der Waals surface area contributed by atoms with E-state index >= 15 is 0 Å². The van der Waals surface area contributed by atoms with Crippen molar-refractivity contribution >= 4 is 39.1 Å². The third-order valence-electron chi connectivity index (χ3n) is 3.53. The molecule has 24 heavy (non-hydrogen) atoms. The summed E-state index contributed by atoms with van der Waals surface area (Å²) in [5.41, 5.74) is 1.90. The molecule has 7 nitrogen and oxygen atoms in total. The van der Waals surface area contributed by atoms with Crippen LogP contribution in [0.1, 0.15) is 37.2 Å². The fraction of sp³-hybridized carbons (Fsp3) is 0.188. The number of fused-ring (bicyclic) bond motifs is 1. The number of carboxylic acid groups (broad SMARTS) is 1. The van der Waals surface area contributed by atoms with E-state index < -0.39 is 5.97 Å². The molecule has 0 atom stereocenters. The van der Waals surface area contributed by atoms with Crippen molar-refractivity contribution in [3.8, 4) is 0 Å². The van der Waals surface area contributed by atoms with Crippen molar-refractivity contribution in [3.05, 3.63) is 46.0 Å². The molecular formula is C16H14N4O3S. The maximum absolute atomic E-state index is 12.6. The number of aromatic carboxylic acids is 1. The van der Waals surface area contributed by atoms with Crippen LogP contribution in [0.5, 0.6) is 0 Å². The molecule has 2 N–H and O–H groups in total. The summed E-state index contributed by atoms with van der Waals surface area (Å²) in [6, 6.07) is 2.86. The number of carbonyl (C=O) groups is 2. The van der Waals surface area contributed by atoms with Crippen molar-refractivity contribution in [1.29, 1.82) is 0 Å². The number of carboxylic acids is 1. The number of hydrogen-bond acceptors (Lipinski definition) is 6. The van der Waals surface area contributed by atoms with Gasteiger partial charge in [0, 0.05) is 23.0 Å². The van der Waals surface area contributed by atoms with Gasteiger partial charge in [-0.1, -0.05) is 0 Å². The van der Waals surface area contributed by atoms with Crippen LogP contribution in [0.2, 0.25) is 0 Å². The van der Waals surface area contributed by atoms with Gasteiger partial charge >= 0.3 is 5.97 Å². The topological polar surface area (TPSA) is 105 Å². The Bertz CT molecular complexity index is 981. The Morgan fingerprint density at radius 3 is 2.67 bits per heavy atom. The summed E-state index contributed by atoms with van der Waals surface area (Å²) in [6.45, 7) is 5.56. The van der Waals surface area contributed by atoms with Crippen LogP contribution in [-0.2, 0) is 0 Å². The van der Waals surface area contributed by atoms with Crippen molar-refractivity contribution in [3.63, 3.8) is 0 Å². The lowest BCUT2D eigenvalue weighted by atomic mass is 10.1. The quantitative estimate of drug-likeness (QED) is 0.758. The molecule has 0 aliphatic rings. The van der Waals surface area contributed by atoms with E-state index in [-0.39, 0.29) is 11.6 Å². The van der Waals surface area contributed by atoms with Crippen LogP contribution in [-0.4, -0.2) is 31.9 Å². The van der Waals surface area contributed by atoms with Gasteiger partial charge in [-0.2, -0.15) is 0 Å². The van der Waals surface area contributed by atoms with Gasteiger partial charge in [0.05, 0.1) is 4.88 Å². The van der Waals surface area contributed by atoms with Crippen molar-refractivity contribution in [2.75, 3.05) is 5.32 Å². The molecule has 3 heterocycles. The first kappa shape index (κ1) is 16.0. The predicted molar refractivity (Wildman–Crippen MR) is 90.8 cm³/mol. The molecule has 0 aliphatic heterocycles. The summed E-state index contributed by atoms with van der Waals surface area (Å²) in [5, 5.41) is 12.6. The summed E-state index contributed by atoms with van der Waals surface area (Å²) in [6.07, 6.45) is 1.34. The number of amides is 1. The zero-order chi connectivity index (χ0) is 17.4. The number of aryl methyl sites for hydroxylation is 3. The summed E-state index contributed by atoms with van der Waals surface area (Å²) in [4.78, 5) is 37.3. The van der Waals surface area contributed by atoms with Gasteiger partial charge in [0.25, 0.3) is 5.91 Å². The number of aromatic nitrogens is 3. The molecule has 3 rings (SSSR count). The van der Waals surface area contributed by atoms with Crippen LogP contribution in [0.15, 0.2) is 18.3 Å². The largest absolute Gasteiger partial charge is 0.477 e. The SMILES string of the molecule is Cc1nc(C)c2c(C)c(C(=O)Nc3ccnc(C(=O)O)c3)sc2n1. The van der Waals surface area contributed by atoms with Gasteiger partial charge in [0.2, 0.25) is 0 Å². The Labute approximate surface area is 141 Å². The molecule has 0 aliphatic carbocycles. The molecule has 3 aromatic rings. The summed E-state index contributed by atoms with van der Waals surface area (Å²) in [7, 11) is 0. The average molecular weight is 342 g/mol. The van der Waals surface area contributed by atoms with Crippen LogP contribution in [0, 0.1) is 20.8 Å². The molecule has 122 valence electrons. The number of thiophene rings is 1. The lowest BCUT2D eigenvalue weighted by molar-refractivity contribution is 0.0690. The van der Waals surface area contributed by atoms with E-state index in [1.165, 1.54) is 23.6 Å². The highest BCUT2D eigenvalue weighted by Crippen LogP contribution is 2.31. The smallest absolute Gasteiger partial charge is 0.354 e. The van der Waals surface area contributed by atoms with Crippen LogP contribution in [0.4, 0.5) is 5.69 Å². The summed E-state index contributed by atoms with van der Waals surface area (Å²) < 4.78 is 0. The van der Waals surface area contributed by atoms with E-state index in [9.17, 15) is 9.59 Å². The molecule has 8 heteroatoms. The monoisotopic (exact) mass is 342 g/mol. The summed E-state index contributed by atoms with van der Waals surface area (Å²) >= 11 is 1.29. The van der Waals surface area contributed by atoms with Gasteiger partial charge in [-0.3, -0.25) is 4.79 Å². The van der Waals surface area contributed by atoms with Gasteiger partial charge in [-0.15, -0.1) is 11.3 Å². The fourth-order valence-corrected chi connectivity index (χ4v) is 3.68. The van der Waals surface area contributed by atoms with Crippen LogP contribution in [0.3, 0.4) is 0 Å². The molecule has 0 spiro atoms. The first-order valence-corrected chi connectivity index (χ1v) is 7.93. The zero-order valence-corrected chi connectivity index (χ0v) is 14.1. The first-order chi connectivity index (χ1) is 11.4. The van der Waals surface area contributed by atoms with Crippen molar-refractivity contribution < 1.29 is 14.7 Å². The third kappa shape index (κ3) is 2.83. The number of nitrogens with zero attached hydrogens (tertiary/aromatic N) is 3. The average Bonchev–Trinajstić information content (AvgIpc) is 2.84. The molecule has 0 unspecified atom stereocenters. The molecule has 1 amide bonds. The number of nitrogens with one attached hydrogen (secondary N) is 1. The van der Waals surface area contributed by atoms with E-state index in [1.807, 2.05) is 20.8 Å². The summed E-state index contributed by atoms with van der Waals surface area (Å²) in [5.74, 6) is -0.797. The maximum atomic E-state index is 12.6. The molecule has 3 aromatic heterocycles. The van der Waals surface area contributed by atoms with Gasteiger partial charge in [0.1, 0.15) is 16.3 Å². The normalized spacial score (nSPS) is 10.8. The predicted octanol–water partition coefficient (Wildman–Crippen LogP) is 2.96. The number of rotatable bonds is 3. The zero-order valence-electron chi connectivity index (χ0n) is 13.2. The van der Waals surface area contributed by atoms with E-state index in [0.717, 1.165) is 21.5 Å². The molecular weight excluding hydrogens is 328 g/mol. The Morgan fingerprint density at radius 1 is 1.21 bits per heavy atom. The minimum atomic E-state index is -1.15. The Morgan fingerprint density at radius 2 is 1.96 bits per heavy atom. The molecule has 0 bridgehead atoms. The van der Waals surface area contributed by atoms with Crippen LogP contribution >= 0.6 is 11.3 Å². The van der Waals surface area contributed by atoms with Crippen molar-refractivity contribution in [2.45, 2.75) is 20.8 Å². The number of carbonyl (C=O) groups excluding carboxylic acids is 1. The second-order valence-electron chi connectivity index (χ2n) is 5.28. The first-order valence-electron chi connectivity index (χ1n) is 7.12. The van der Waals surface area contributed by atoms with E-state index in [1.54, 1.807) is 6.07 Å². The maximum Gasteiger partial charge on any atom is 0.354 e. The molecule has 0 saturated heterocycles. The molecule has 0 radical (unpaired) electrons. The lowest BCUT2D eigenvalue weighted by Crippen LogP contribution is -2.12. The minimum Gasteiger partial charge on any atom is -0.477 e. The standard InChI is InChI=1S/C16H14N4O3S/c1-7-12-8(2)18-9(3)19-15(12)24-13(7)14(21)20-10-4-5-17-11(6-10)16(22)23/h4-6H,1-3H3,(H,22,23)(H,17,20,21). The molecule has 0 aromatic carbocycles. The lowest BCUT2D eigenvalue weighted by Gasteiger charge is -2.05. The van der Waals surface area contributed by atoms with Gasteiger partial charge in [0.15, 0.2) is 0 Å². The molecule has 0 fully saturated rings. The van der Waals surface area contributed by atoms with Crippen molar-refractivity contribution in [2.24, 2.45) is 0 Å². The third-order valence-corrected chi connectivity index (χ3v) is 4.71. The van der Waals surface area contributed by atoms with Crippen molar-refractivity contribution in [1.82, 2.24) is 15.0 Å². The Hall–Kier alpha value is -2.87. The van der Waals surface area contributed by atoms with Gasteiger partial charge in [-0.25, -0.2) is 19.7 Å². The van der Waals surface area contributed by atoms with E-state index in [0.29, 0.717) is 16.4 Å². The highest BCUT2D eigenvalue weighted by atomic mass is 32.1. The van der Waals surface area contributed by atoms with Gasteiger partial charge < -0.3 is 10.4 Å². The van der Waals surface area contributed by atoms with Crippen LogP contribution in [0.25, 0.3) is 10.2 Å². The highest BCUT2D eigenvalue weighted by Gasteiger charge is 2.19. The number of pyridine rings is 1. The van der Waals surface area contributed by atoms with E-state index in [2.05, 4.69) is 20.3 Å². The highest BCUT2D eigenvalue weighted by molar-refractivity contribution is 7.20. The van der Waals surface area contributed by atoms with Crippen LogP contribution < -0.4 is 5.32 Å². The van der Waals surface area contributed by atoms with E-state index in [4.69, 9.17) is 5.11 Å². The number of anilines is 1. The Balaban J connectivity index is 1.97.